The monoisotopic (exact) mass is 349 g/mol. The largest absolute Gasteiger partial charge is 0.378 e. The minimum Gasteiger partial charge on any atom is -0.378 e. The standard InChI is InChI=1S/C15H23N3O2.2ClH/c1-5-20-11-9-15(16,14(11,3)4)13(19)18-12-8-10(2)6-7-17-12;;/h6-8,11H,5,9,16H2,1-4H3,(H,17,18,19);2*1H. The van der Waals surface area contributed by atoms with Gasteiger partial charge in [0.2, 0.25) is 5.91 Å². The van der Waals surface area contributed by atoms with Crippen molar-refractivity contribution >= 4 is 36.5 Å². The van der Waals surface area contributed by atoms with E-state index >= 15 is 0 Å². The van der Waals surface area contributed by atoms with Crippen LogP contribution in [0.2, 0.25) is 0 Å². The number of hydrogen-bond donors (Lipinski definition) is 2. The molecule has 7 heteroatoms. The quantitative estimate of drug-likeness (QED) is 0.875. The van der Waals surface area contributed by atoms with Crippen molar-refractivity contribution in [3.05, 3.63) is 23.9 Å². The summed E-state index contributed by atoms with van der Waals surface area (Å²) >= 11 is 0. The molecule has 0 aromatic carbocycles. The summed E-state index contributed by atoms with van der Waals surface area (Å²) in [5.74, 6) is 0.340. The molecule has 22 heavy (non-hydrogen) atoms. The minimum atomic E-state index is -0.918. The summed E-state index contributed by atoms with van der Waals surface area (Å²) in [7, 11) is 0. The molecule has 3 N–H and O–H groups in total. The molecule has 2 rings (SSSR count). The fourth-order valence-electron chi connectivity index (χ4n) is 2.65. The topological polar surface area (TPSA) is 77.2 Å². The third kappa shape index (κ3) is 3.54. The molecule has 126 valence electrons. The van der Waals surface area contributed by atoms with Crippen molar-refractivity contribution in [1.29, 1.82) is 0 Å². The van der Waals surface area contributed by atoms with Crippen molar-refractivity contribution < 1.29 is 9.53 Å². The van der Waals surface area contributed by atoms with Gasteiger partial charge in [-0.1, -0.05) is 13.8 Å². The van der Waals surface area contributed by atoms with E-state index in [1.807, 2.05) is 39.8 Å². The summed E-state index contributed by atoms with van der Waals surface area (Å²) in [6.07, 6.45) is 2.22. The highest BCUT2D eigenvalue weighted by molar-refractivity contribution is 5.99. The van der Waals surface area contributed by atoms with Gasteiger partial charge in [0.15, 0.2) is 0 Å². The van der Waals surface area contributed by atoms with Gasteiger partial charge in [0.05, 0.1) is 6.10 Å². The predicted molar refractivity (Wildman–Crippen MR) is 92.8 cm³/mol. The number of aromatic nitrogens is 1. The first kappa shape index (κ1) is 21.1. The maximum atomic E-state index is 12.5. The number of nitrogens with two attached hydrogens (primary N) is 1. The maximum absolute atomic E-state index is 12.5. The van der Waals surface area contributed by atoms with Crippen LogP contribution >= 0.6 is 24.8 Å². The van der Waals surface area contributed by atoms with Crippen molar-refractivity contribution in [2.75, 3.05) is 11.9 Å². The lowest BCUT2D eigenvalue weighted by atomic mass is 9.54. The second-order valence-corrected chi connectivity index (χ2v) is 6.01. The average Bonchev–Trinajstić information content (AvgIpc) is 2.38. The first-order valence-electron chi connectivity index (χ1n) is 6.96. The van der Waals surface area contributed by atoms with E-state index in [1.165, 1.54) is 0 Å². The molecule has 5 nitrogen and oxygen atoms in total. The second kappa shape index (κ2) is 7.59. The number of rotatable bonds is 4. The Morgan fingerprint density at radius 1 is 1.50 bits per heavy atom. The molecule has 2 atom stereocenters. The third-order valence-corrected chi connectivity index (χ3v) is 4.39. The van der Waals surface area contributed by atoms with E-state index in [-0.39, 0.29) is 36.8 Å². The number of hydrogen-bond acceptors (Lipinski definition) is 4. The third-order valence-electron chi connectivity index (χ3n) is 4.39. The van der Waals surface area contributed by atoms with Crippen molar-refractivity contribution in [2.24, 2.45) is 11.1 Å². The fraction of sp³-hybridized carbons (Fsp3) is 0.600. The summed E-state index contributed by atoms with van der Waals surface area (Å²) < 4.78 is 5.63. The number of anilines is 1. The smallest absolute Gasteiger partial charge is 0.246 e. The number of pyridine rings is 1. The Balaban J connectivity index is 0.00000220. The van der Waals surface area contributed by atoms with Crippen LogP contribution in [-0.4, -0.2) is 29.1 Å². The molecule has 1 heterocycles. The summed E-state index contributed by atoms with van der Waals surface area (Å²) in [5.41, 5.74) is 6.04. The summed E-state index contributed by atoms with van der Waals surface area (Å²) in [5, 5.41) is 2.81. The van der Waals surface area contributed by atoms with Crippen molar-refractivity contribution in [2.45, 2.75) is 45.8 Å². The Morgan fingerprint density at radius 2 is 2.14 bits per heavy atom. The molecule has 1 aromatic rings. The molecule has 1 aliphatic carbocycles. The van der Waals surface area contributed by atoms with Gasteiger partial charge in [0.25, 0.3) is 0 Å². The molecular weight excluding hydrogens is 325 g/mol. The highest BCUT2D eigenvalue weighted by Crippen LogP contribution is 2.50. The first-order chi connectivity index (χ1) is 9.31. The first-order valence-corrected chi connectivity index (χ1v) is 6.96. The Kier molecular flexibility index (Phi) is 7.29. The number of carbonyl (C=O) groups excluding carboxylic acids is 1. The van der Waals surface area contributed by atoms with E-state index in [2.05, 4.69) is 10.3 Å². The van der Waals surface area contributed by atoms with E-state index in [1.54, 1.807) is 6.20 Å². The van der Waals surface area contributed by atoms with Crippen LogP contribution in [0.4, 0.5) is 5.82 Å². The van der Waals surface area contributed by atoms with Gasteiger partial charge in [-0.15, -0.1) is 24.8 Å². The molecule has 0 aliphatic heterocycles. The van der Waals surface area contributed by atoms with Gasteiger partial charge in [0.1, 0.15) is 11.4 Å². The van der Waals surface area contributed by atoms with E-state index < -0.39 is 11.0 Å². The lowest BCUT2D eigenvalue weighted by Crippen LogP contribution is -2.74. The Morgan fingerprint density at radius 3 is 2.64 bits per heavy atom. The fourth-order valence-corrected chi connectivity index (χ4v) is 2.65. The molecule has 2 unspecified atom stereocenters. The number of aryl methyl sites for hydroxylation is 1. The molecule has 1 aliphatic rings. The minimum absolute atomic E-state index is 0. The molecule has 0 spiro atoms. The number of amides is 1. The molecule has 0 radical (unpaired) electrons. The molecule has 0 saturated heterocycles. The van der Waals surface area contributed by atoms with E-state index in [0.717, 1.165) is 5.56 Å². The van der Waals surface area contributed by atoms with E-state index in [0.29, 0.717) is 18.8 Å². The van der Waals surface area contributed by atoms with Crippen LogP contribution in [0.3, 0.4) is 0 Å². The van der Waals surface area contributed by atoms with Crippen molar-refractivity contribution in [1.82, 2.24) is 4.98 Å². The van der Waals surface area contributed by atoms with Crippen LogP contribution in [0.1, 0.15) is 32.8 Å². The van der Waals surface area contributed by atoms with Gasteiger partial charge < -0.3 is 15.8 Å². The number of halogens is 2. The highest BCUT2D eigenvalue weighted by atomic mass is 35.5. The zero-order valence-electron chi connectivity index (χ0n) is 13.4. The number of nitrogens with one attached hydrogen (secondary N) is 1. The maximum Gasteiger partial charge on any atom is 0.246 e. The highest BCUT2D eigenvalue weighted by Gasteiger charge is 2.62. The Hall–Kier alpha value is -0.880. The number of nitrogens with zero attached hydrogens (tertiary/aromatic N) is 1. The van der Waals surface area contributed by atoms with Gasteiger partial charge in [0, 0.05) is 24.6 Å². The Labute approximate surface area is 144 Å². The molecule has 0 bridgehead atoms. The van der Waals surface area contributed by atoms with Gasteiger partial charge in [-0.25, -0.2) is 4.98 Å². The Bertz CT molecular complexity index is 525. The van der Waals surface area contributed by atoms with Crippen LogP contribution in [0.15, 0.2) is 18.3 Å². The van der Waals surface area contributed by atoms with Crippen LogP contribution < -0.4 is 11.1 Å². The predicted octanol–water partition coefficient (Wildman–Crippen LogP) is 2.70. The van der Waals surface area contributed by atoms with Crippen molar-refractivity contribution in [3.63, 3.8) is 0 Å². The van der Waals surface area contributed by atoms with Crippen molar-refractivity contribution in [3.8, 4) is 0 Å². The number of carbonyl (C=O) groups is 1. The molecule has 1 saturated carbocycles. The zero-order chi connectivity index (χ0) is 15.0. The van der Waals surface area contributed by atoms with Gasteiger partial charge >= 0.3 is 0 Å². The SMILES string of the molecule is CCOC1CC(N)(C(=O)Nc2cc(C)ccn2)C1(C)C.Cl.Cl. The molecule has 1 fully saturated rings. The normalized spacial score (nSPS) is 25.2. The lowest BCUT2D eigenvalue weighted by Gasteiger charge is -2.57. The van der Waals surface area contributed by atoms with Crippen LogP contribution in [0, 0.1) is 12.3 Å². The van der Waals surface area contributed by atoms with Gasteiger partial charge in [-0.2, -0.15) is 0 Å². The van der Waals surface area contributed by atoms with Gasteiger partial charge in [-0.3, -0.25) is 4.79 Å². The summed E-state index contributed by atoms with van der Waals surface area (Å²) in [6, 6.07) is 3.71. The summed E-state index contributed by atoms with van der Waals surface area (Å²) in [4.78, 5) is 16.6. The van der Waals surface area contributed by atoms with E-state index in [4.69, 9.17) is 10.5 Å². The second-order valence-electron chi connectivity index (χ2n) is 6.01. The summed E-state index contributed by atoms with van der Waals surface area (Å²) in [6.45, 7) is 8.47. The number of ether oxygens (including phenoxy) is 1. The van der Waals surface area contributed by atoms with E-state index in [9.17, 15) is 4.79 Å². The van der Waals surface area contributed by atoms with Crippen LogP contribution in [-0.2, 0) is 9.53 Å². The zero-order valence-corrected chi connectivity index (χ0v) is 15.0. The average molecular weight is 350 g/mol. The molecular formula is C15H25Cl2N3O2. The molecule has 1 amide bonds. The van der Waals surface area contributed by atoms with Gasteiger partial charge in [-0.05, 0) is 31.5 Å². The van der Waals surface area contributed by atoms with Crippen LogP contribution in [0.25, 0.3) is 0 Å². The lowest BCUT2D eigenvalue weighted by molar-refractivity contribution is -0.166. The van der Waals surface area contributed by atoms with Crippen LogP contribution in [0.5, 0.6) is 0 Å². The molecule has 1 aromatic heterocycles.